The molecular formula is C12H14ClNOS. The minimum atomic E-state index is 0.137. The molecule has 1 aliphatic heterocycles. The molecule has 0 bridgehead atoms. The van der Waals surface area contributed by atoms with Crippen molar-refractivity contribution in [2.24, 2.45) is 0 Å². The predicted molar refractivity (Wildman–Crippen MR) is 68.0 cm³/mol. The van der Waals surface area contributed by atoms with Crippen LogP contribution in [0.25, 0.3) is 0 Å². The number of rotatable bonds is 1. The number of benzene rings is 1. The lowest BCUT2D eigenvalue weighted by Crippen LogP contribution is -2.34. The summed E-state index contributed by atoms with van der Waals surface area (Å²) in [4.78, 5) is 14.4. The summed E-state index contributed by atoms with van der Waals surface area (Å²) in [5, 5.41) is 0.789. The Morgan fingerprint density at radius 2 is 2.25 bits per heavy atom. The number of carbonyl (C=O) groups is 1. The maximum Gasteiger partial charge on any atom is 0.219 e. The molecule has 0 saturated carbocycles. The maximum atomic E-state index is 11.4. The van der Waals surface area contributed by atoms with Crippen LogP contribution in [0.1, 0.15) is 18.1 Å². The van der Waals surface area contributed by atoms with Crippen LogP contribution in [0.3, 0.4) is 0 Å². The highest BCUT2D eigenvalue weighted by molar-refractivity contribution is 7.98. The standard InChI is InChI=1S/C12H14ClNOS/c1-8(15)14-6-5-9-3-4-11(13)12(16-2)10(9)7-14/h3-4H,5-7H2,1-2H3. The third-order valence-electron chi connectivity index (χ3n) is 2.96. The van der Waals surface area contributed by atoms with E-state index < -0.39 is 0 Å². The first-order chi connectivity index (χ1) is 7.63. The molecule has 0 aliphatic carbocycles. The molecule has 1 amide bonds. The molecule has 0 unspecified atom stereocenters. The van der Waals surface area contributed by atoms with E-state index in [4.69, 9.17) is 11.6 Å². The molecule has 1 heterocycles. The fraction of sp³-hybridized carbons (Fsp3) is 0.417. The Balaban J connectivity index is 2.41. The lowest BCUT2D eigenvalue weighted by molar-refractivity contribution is -0.129. The second-order valence-electron chi connectivity index (χ2n) is 3.91. The number of nitrogens with zero attached hydrogens (tertiary/aromatic N) is 1. The molecular weight excluding hydrogens is 242 g/mol. The zero-order chi connectivity index (χ0) is 11.7. The van der Waals surface area contributed by atoms with Crippen molar-refractivity contribution in [2.45, 2.75) is 24.8 Å². The highest BCUT2D eigenvalue weighted by Gasteiger charge is 2.21. The average Bonchev–Trinajstić information content (AvgIpc) is 2.28. The van der Waals surface area contributed by atoms with Crippen LogP contribution in [0.5, 0.6) is 0 Å². The molecule has 0 N–H and O–H groups in total. The van der Waals surface area contributed by atoms with Crippen molar-refractivity contribution < 1.29 is 4.79 Å². The van der Waals surface area contributed by atoms with Crippen molar-refractivity contribution in [2.75, 3.05) is 12.8 Å². The van der Waals surface area contributed by atoms with Gasteiger partial charge in [0.05, 0.1) is 5.02 Å². The Hall–Kier alpha value is -0.670. The average molecular weight is 256 g/mol. The zero-order valence-electron chi connectivity index (χ0n) is 9.42. The van der Waals surface area contributed by atoms with Crippen LogP contribution in [-0.2, 0) is 17.8 Å². The lowest BCUT2D eigenvalue weighted by Gasteiger charge is -2.29. The van der Waals surface area contributed by atoms with Crippen molar-refractivity contribution in [3.05, 3.63) is 28.3 Å². The summed E-state index contributed by atoms with van der Waals surface area (Å²) >= 11 is 7.82. The SMILES string of the molecule is CSc1c(Cl)ccc2c1CN(C(C)=O)CC2. The number of hydrogen-bond acceptors (Lipinski definition) is 2. The Labute approximate surface area is 105 Å². The number of thioether (sulfide) groups is 1. The van der Waals surface area contributed by atoms with Gasteiger partial charge in [0.2, 0.25) is 5.91 Å². The van der Waals surface area contributed by atoms with Gasteiger partial charge >= 0.3 is 0 Å². The second kappa shape index (κ2) is 4.68. The van der Waals surface area contributed by atoms with Gasteiger partial charge in [-0.3, -0.25) is 4.79 Å². The minimum Gasteiger partial charge on any atom is -0.338 e. The normalized spacial score (nSPS) is 14.8. The lowest BCUT2D eigenvalue weighted by atomic mass is 10.00. The minimum absolute atomic E-state index is 0.137. The van der Waals surface area contributed by atoms with Crippen molar-refractivity contribution >= 4 is 29.3 Å². The van der Waals surface area contributed by atoms with Gasteiger partial charge in [0.1, 0.15) is 0 Å². The molecule has 2 nitrogen and oxygen atoms in total. The van der Waals surface area contributed by atoms with E-state index in [1.807, 2.05) is 17.2 Å². The topological polar surface area (TPSA) is 20.3 Å². The van der Waals surface area contributed by atoms with E-state index in [1.54, 1.807) is 18.7 Å². The Morgan fingerprint density at radius 3 is 2.88 bits per heavy atom. The van der Waals surface area contributed by atoms with Crippen LogP contribution in [0.2, 0.25) is 5.02 Å². The molecule has 86 valence electrons. The van der Waals surface area contributed by atoms with Crippen molar-refractivity contribution in [3.8, 4) is 0 Å². The molecule has 0 radical (unpaired) electrons. The van der Waals surface area contributed by atoms with E-state index >= 15 is 0 Å². The number of halogens is 1. The van der Waals surface area contributed by atoms with Gasteiger partial charge in [0, 0.05) is 24.9 Å². The summed E-state index contributed by atoms with van der Waals surface area (Å²) in [6, 6.07) is 4.03. The van der Waals surface area contributed by atoms with E-state index in [0.29, 0.717) is 6.54 Å². The number of amides is 1. The quantitative estimate of drug-likeness (QED) is 0.719. The van der Waals surface area contributed by atoms with Crippen LogP contribution >= 0.6 is 23.4 Å². The highest BCUT2D eigenvalue weighted by atomic mass is 35.5. The van der Waals surface area contributed by atoms with Crippen LogP contribution in [0.4, 0.5) is 0 Å². The summed E-state index contributed by atoms with van der Waals surface area (Å²) in [6.07, 6.45) is 2.95. The fourth-order valence-electron chi connectivity index (χ4n) is 2.06. The van der Waals surface area contributed by atoms with Crippen LogP contribution in [0, 0.1) is 0 Å². The predicted octanol–water partition coefficient (Wildman–Crippen LogP) is 2.97. The Kier molecular flexibility index (Phi) is 3.45. The smallest absolute Gasteiger partial charge is 0.219 e. The molecule has 1 aromatic rings. The van der Waals surface area contributed by atoms with E-state index in [1.165, 1.54) is 11.1 Å². The molecule has 0 spiro atoms. The van der Waals surface area contributed by atoms with Gasteiger partial charge in [-0.1, -0.05) is 17.7 Å². The van der Waals surface area contributed by atoms with Crippen molar-refractivity contribution in [1.29, 1.82) is 0 Å². The van der Waals surface area contributed by atoms with E-state index in [9.17, 15) is 4.79 Å². The first-order valence-electron chi connectivity index (χ1n) is 5.23. The largest absolute Gasteiger partial charge is 0.338 e. The molecule has 1 aliphatic rings. The van der Waals surface area contributed by atoms with E-state index in [0.717, 1.165) is 22.9 Å². The molecule has 4 heteroatoms. The fourth-order valence-corrected chi connectivity index (χ4v) is 3.18. The van der Waals surface area contributed by atoms with Gasteiger partial charge < -0.3 is 4.90 Å². The van der Waals surface area contributed by atoms with Crippen LogP contribution in [0.15, 0.2) is 17.0 Å². The maximum absolute atomic E-state index is 11.4. The highest BCUT2D eigenvalue weighted by Crippen LogP contribution is 2.34. The summed E-state index contributed by atoms with van der Waals surface area (Å²) in [6.45, 7) is 3.13. The van der Waals surface area contributed by atoms with E-state index in [-0.39, 0.29) is 5.91 Å². The molecule has 0 aromatic heterocycles. The van der Waals surface area contributed by atoms with Gasteiger partial charge in [0.15, 0.2) is 0 Å². The second-order valence-corrected chi connectivity index (χ2v) is 5.13. The molecule has 0 saturated heterocycles. The van der Waals surface area contributed by atoms with E-state index in [2.05, 4.69) is 6.07 Å². The number of carbonyl (C=O) groups excluding carboxylic acids is 1. The van der Waals surface area contributed by atoms with Crippen LogP contribution in [-0.4, -0.2) is 23.6 Å². The summed E-state index contributed by atoms with van der Waals surface area (Å²) in [5.41, 5.74) is 2.55. The third kappa shape index (κ3) is 2.06. The van der Waals surface area contributed by atoms with Crippen molar-refractivity contribution in [1.82, 2.24) is 4.90 Å². The monoisotopic (exact) mass is 255 g/mol. The summed E-state index contributed by atoms with van der Waals surface area (Å²) in [5.74, 6) is 0.137. The number of hydrogen-bond donors (Lipinski definition) is 0. The van der Waals surface area contributed by atoms with Crippen molar-refractivity contribution in [3.63, 3.8) is 0 Å². The van der Waals surface area contributed by atoms with Gasteiger partial charge in [-0.2, -0.15) is 0 Å². The first kappa shape index (κ1) is 11.8. The molecule has 1 aromatic carbocycles. The molecule has 0 atom stereocenters. The Bertz CT molecular complexity index is 433. The van der Waals surface area contributed by atoms with Gasteiger partial charge in [-0.05, 0) is 29.9 Å². The molecule has 0 fully saturated rings. The summed E-state index contributed by atoms with van der Waals surface area (Å²) in [7, 11) is 0. The Morgan fingerprint density at radius 1 is 1.50 bits per heavy atom. The molecule has 2 rings (SSSR count). The van der Waals surface area contributed by atoms with Crippen LogP contribution < -0.4 is 0 Å². The van der Waals surface area contributed by atoms with Gasteiger partial charge in [0.25, 0.3) is 0 Å². The van der Waals surface area contributed by atoms with Gasteiger partial charge in [-0.15, -0.1) is 11.8 Å². The third-order valence-corrected chi connectivity index (χ3v) is 4.26. The molecule has 16 heavy (non-hydrogen) atoms. The first-order valence-corrected chi connectivity index (χ1v) is 6.83. The summed E-state index contributed by atoms with van der Waals surface area (Å²) < 4.78 is 0. The zero-order valence-corrected chi connectivity index (χ0v) is 11.0. The van der Waals surface area contributed by atoms with Gasteiger partial charge in [-0.25, -0.2) is 0 Å². The number of fused-ring (bicyclic) bond motifs is 1.